The van der Waals surface area contributed by atoms with E-state index in [1.54, 1.807) is 0 Å². The summed E-state index contributed by atoms with van der Waals surface area (Å²) in [7, 11) is -9.31. The second-order valence-corrected chi connectivity index (χ2v) is 7.78. The van der Waals surface area contributed by atoms with Crippen LogP contribution in [0.5, 0.6) is 0 Å². The lowest BCUT2D eigenvalue weighted by atomic mass is 10.1. The summed E-state index contributed by atoms with van der Waals surface area (Å²) < 4.78 is 60.0. The first-order valence-electron chi connectivity index (χ1n) is 6.87. The fourth-order valence-electron chi connectivity index (χ4n) is 2.08. The van der Waals surface area contributed by atoms with Crippen LogP contribution in [-0.4, -0.2) is 25.9 Å². The van der Waals surface area contributed by atoms with Crippen LogP contribution in [0.4, 0.5) is 5.69 Å². The Morgan fingerprint density at radius 1 is 0.640 bits per heavy atom. The molecule has 0 atom stereocenters. The van der Waals surface area contributed by atoms with Gasteiger partial charge in [-0.25, -0.2) is 0 Å². The number of anilines is 1. The Kier molecular flexibility index (Phi) is 5.43. The van der Waals surface area contributed by atoms with Crippen LogP contribution >= 0.6 is 0 Å². The maximum Gasteiger partial charge on any atom is 0.295 e. The molecule has 0 amide bonds. The van der Waals surface area contributed by atoms with Crippen molar-refractivity contribution in [3.63, 3.8) is 0 Å². The van der Waals surface area contributed by atoms with Crippen LogP contribution in [0.25, 0.3) is 10.8 Å². The summed E-state index contributed by atoms with van der Waals surface area (Å²) in [6.45, 7) is 0. The van der Waals surface area contributed by atoms with Crippen molar-refractivity contribution in [1.29, 1.82) is 0 Å². The van der Waals surface area contributed by atoms with Gasteiger partial charge in [0.1, 0.15) is 9.79 Å². The highest BCUT2D eigenvalue weighted by Crippen LogP contribution is 2.19. The van der Waals surface area contributed by atoms with E-state index in [0.29, 0.717) is 0 Å². The van der Waals surface area contributed by atoms with Crippen molar-refractivity contribution in [2.45, 2.75) is 9.79 Å². The topological polar surface area (TPSA) is 135 Å². The average Bonchev–Trinajstić information content (AvgIpc) is 2.54. The lowest BCUT2D eigenvalue weighted by Gasteiger charge is -2.02. The van der Waals surface area contributed by atoms with Gasteiger partial charge < -0.3 is 5.73 Å². The summed E-state index contributed by atoms with van der Waals surface area (Å²) in [4.78, 5) is -1.69. The normalized spacial score (nSPS) is 11.6. The van der Waals surface area contributed by atoms with Gasteiger partial charge in [0.15, 0.2) is 0 Å². The van der Waals surface area contributed by atoms with Crippen molar-refractivity contribution in [2.75, 3.05) is 5.73 Å². The number of nitrogens with two attached hydrogens (primary N) is 1. The second kappa shape index (κ2) is 7.19. The summed E-state index contributed by atoms with van der Waals surface area (Å²) in [5.74, 6) is 0. The molecule has 132 valence electrons. The number of nitrogen functional groups attached to an aromatic ring is 1. The molecule has 0 unspecified atom stereocenters. The van der Waals surface area contributed by atoms with Crippen LogP contribution in [0, 0.1) is 0 Å². The lowest BCUT2D eigenvalue weighted by Crippen LogP contribution is -2.07. The van der Waals surface area contributed by atoms with Gasteiger partial charge in [0.25, 0.3) is 20.2 Å². The summed E-state index contributed by atoms with van der Waals surface area (Å²) in [5, 5.41) is 2.44. The van der Waals surface area contributed by atoms with Crippen molar-refractivity contribution in [1.82, 2.24) is 0 Å². The largest absolute Gasteiger partial charge is 0.399 e. The number of rotatable bonds is 2. The van der Waals surface area contributed by atoms with Gasteiger partial charge in [-0.05, 0) is 35.0 Å². The maximum atomic E-state index is 10.7. The molecule has 3 aromatic rings. The molecular weight excluding hydrogens is 366 g/mol. The monoisotopic (exact) mass is 381 g/mol. The summed E-state index contributed by atoms with van der Waals surface area (Å²) in [6.07, 6.45) is 0. The van der Waals surface area contributed by atoms with Crippen molar-refractivity contribution < 1.29 is 25.9 Å². The molecule has 0 radical (unpaired) electrons. The van der Waals surface area contributed by atoms with E-state index in [1.165, 1.54) is 22.9 Å². The van der Waals surface area contributed by atoms with Gasteiger partial charge in [0.05, 0.1) is 0 Å². The Labute approximate surface area is 145 Å². The van der Waals surface area contributed by atoms with Gasteiger partial charge in [-0.2, -0.15) is 16.8 Å². The van der Waals surface area contributed by atoms with Gasteiger partial charge in [-0.15, -0.1) is 0 Å². The van der Waals surface area contributed by atoms with Crippen molar-refractivity contribution in [2.24, 2.45) is 0 Å². The van der Waals surface area contributed by atoms with E-state index >= 15 is 0 Å². The lowest BCUT2D eigenvalue weighted by molar-refractivity contribution is 0.466. The third-order valence-corrected chi connectivity index (χ3v) is 5.13. The molecule has 0 bridgehead atoms. The predicted molar refractivity (Wildman–Crippen MR) is 94.4 cm³/mol. The van der Waals surface area contributed by atoms with E-state index in [4.69, 9.17) is 14.8 Å². The molecule has 0 aliphatic rings. The molecule has 7 nitrogen and oxygen atoms in total. The Bertz CT molecular complexity index is 1060. The quantitative estimate of drug-likeness (QED) is 0.458. The van der Waals surface area contributed by atoms with Gasteiger partial charge in [-0.1, -0.05) is 42.5 Å². The Morgan fingerprint density at radius 2 is 1.08 bits per heavy atom. The van der Waals surface area contributed by atoms with Crippen molar-refractivity contribution in [3.05, 3.63) is 66.7 Å². The number of benzene rings is 3. The number of hydrogen-bond donors (Lipinski definition) is 3. The van der Waals surface area contributed by atoms with E-state index < -0.39 is 30.0 Å². The molecule has 0 spiro atoms. The Hall–Kier alpha value is -2.46. The highest BCUT2D eigenvalue weighted by molar-refractivity contribution is 7.89. The fourth-order valence-corrected chi connectivity index (χ4v) is 3.86. The fraction of sp³-hybridized carbons (Fsp3) is 0. The molecule has 0 aliphatic carbocycles. The summed E-state index contributed by atoms with van der Waals surface area (Å²) in [5.41, 5.74) is 6.45. The smallest absolute Gasteiger partial charge is 0.295 e. The SMILES string of the molecule is Nc1ccc2ccccc2c1.O=S(=O)(O)c1ccccc1S(=O)(=O)O. The van der Waals surface area contributed by atoms with Gasteiger partial charge in [0.2, 0.25) is 0 Å². The van der Waals surface area contributed by atoms with E-state index in [1.807, 2.05) is 30.3 Å². The first-order valence-corrected chi connectivity index (χ1v) is 9.75. The Balaban J connectivity index is 0.000000185. The first kappa shape index (κ1) is 18.9. The van der Waals surface area contributed by atoms with Gasteiger partial charge in [0, 0.05) is 5.69 Å². The van der Waals surface area contributed by atoms with Crippen molar-refractivity contribution >= 4 is 36.7 Å². The predicted octanol–water partition coefficient (Wildman–Crippen LogP) is 2.60. The van der Waals surface area contributed by atoms with E-state index in [-0.39, 0.29) is 0 Å². The van der Waals surface area contributed by atoms with E-state index in [2.05, 4.69) is 12.1 Å². The second-order valence-electron chi connectivity index (χ2n) is 5.00. The van der Waals surface area contributed by atoms with E-state index in [0.717, 1.165) is 17.8 Å². The molecule has 0 fully saturated rings. The average molecular weight is 381 g/mol. The molecule has 3 rings (SSSR count). The maximum absolute atomic E-state index is 10.7. The number of hydrogen-bond acceptors (Lipinski definition) is 5. The molecule has 0 aromatic heterocycles. The van der Waals surface area contributed by atoms with Gasteiger partial charge in [-0.3, -0.25) is 9.11 Å². The molecule has 0 heterocycles. The van der Waals surface area contributed by atoms with E-state index in [9.17, 15) is 16.8 Å². The first-order chi connectivity index (χ1) is 11.6. The molecule has 0 saturated carbocycles. The molecule has 0 saturated heterocycles. The molecular formula is C16H15NO6S2. The zero-order chi connectivity index (χ0) is 18.7. The van der Waals surface area contributed by atoms with Crippen LogP contribution < -0.4 is 5.73 Å². The molecule has 3 aromatic carbocycles. The minimum atomic E-state index is -4.66. The van der Waals surface area contributed by atoms with Crippen LogP contribution in [-0.2, 0) is 20.2 Å². The summed E-state index contributed by atoms with van der Waals surface area (Å²) >= 11 is 0. The third-order valence-electron chi connectivity index (χ3n) is 3.18. The van der Waals surface area contributed by atoms with Crippen LogP contribution in [0.15, 0.2) is 76.5 Å². The van der Waals surface area contributed by atoms with Crippen molar-refractivity contribution in [3.8, 4) is 0 Å². The molecule has 0 aliphatic heterocycles. The Morgan fingerprint density at radius 3 is 1.56 bits per heavy atom. The highest BCUT2D eigenvalue weighted by Gasteiger charge is 2.22. The van der Waals surface area contributed by atoms with Crippen LogP contribution in [0.3, 0.4) is 0 Å². The standard InChI is InChI=1S/C10H9N.C6H6O6S2/c11-10-6-5-8-3-1-2-4-9(8)7-10;7-13(8,9)5-3-1-2-4-6(5)14(10,11)12/h1-7H,11H2;1-4H,(H,7,8,9)(H,10,11,12). The van der Waals surface area contributed by atoms with Crippen LogP contribution in [0.2, 0.25) is 0 Å². The third kappa shape index (κ3) is 5.00. The molecule has 9 heteroatoms. The zero-order valence-corrected chi connectivity index (χ0v) is 14.4. The minimum Gasteiger partial charge on any atom is -0.399 e. The van der Waals surface area contributed by atoms with Gasteiger partial charge >= 0.3 is 0 Å². The zero-order valence-electron chi connectivity index (χ0n) is 12.8. The highest BCUT2D eigenvalue weighted by atomic mass is 32.2. The summed E-state index contributed by atoms with van der Waals surface area (Å²) in [6, 6.07) is 18.3. The minimum absolute atomic E-state index is 0.823. The molecule has 4 N–H and O–H groups in total. The molecule has 25 heavy (non-hydrogen) atoms. The number of fused-ring (bicyclic) bond motifs is 1. The van der Waals surface area contributed by atoms with Crippen LogP contribution in [0.1, 0.15) is 0 Å².